The lowest BCUT2D eigenvalue weighted by molar-refractivity contribution is -0.137. The van der Waals surface area contributed by atoms with Crippen LogP contribution in [-0.4, -0.2) is 28.9 Å². The molecule has 9 heteroatoms. The fraction of sp³-hybridized carbons (Fsp3) is 0.389. The number of halogens is 3. The first-order chi connectivity index (χ1) is 12.5. The van der Waals surface area contributed by atoms with Crippen LogP contribution in [0.1, 0.15) is 24.3 Å². The van der Waals surface area contributed by atoms with Crippen LogP contribution in [0.25, 0.3) is 0 Å². The summed E-state index contributed by atoms with van der Waals surface area (Å²) in [6.07, 6.45) is -3.78. The molecule has 150 valence electrons. The number of rotatable bonds is 7. The van der Waals surface area contributed by atoms with Gasteiger partial charge in [-0.15, -0.1) is 11.3 Å². The smallest absolute Gasteiger partial charge is 0.354 e. The highest BCUT2D eigenvalue weighted by Gasteiger charge is 2.48. The van der Waals surface area contributed by atoms with Crippen molar-refractivity contribution in [3.05, 3.63) is 52.2 Å². The molecule has 3 N–H and O–H groups in total. The van der Waals surface area contributed by atoms with Crippen LogP contribution >= 0.6 is 21.9 Å². The minimum atomic E-state index is -4.46. The zero-order valence-corrected chi connectivity index (χ0v) is 16.9. The number of alkyl halides is 3. The van der Waals surface area contributed by atoms with Crippen LogP contribution in [0.15, 0.2) is 46.7 Å². The Bertz CT molecular complexity index is 761. The number of carbonyl (C=O) groups is 1. The van der Waals surface area contributed by atoms with Crippen LogP contribution in [0.5, 0.6) is 0 Å². The van der Waals surface area contributed by atoms with Crippen molar-refractivity contribution in [2.24, 2.45) is 0 Å². The maximum absolute atomic E-state index is 12.8. The van der Waals surface area contributed by atoms with E-state index in [1.54, 1.807) is 25.2 Å². The van der Waals surface area contributed by atoms with Gasteiger partial charge in [0.1, 0.15) is 4.90 Å². The first kappa shape index (κ1) is 21.7. The van der Waals surface area contributed by atoms with Crippen molar-refractivity contribution in [1.82, 2.24) is 5.32 Å². The number of carbonyl (C=O) groups excluding carboxylic acids is 1. The number of hydrogen-bond donors (Lipinski definition) is 1. The molecule has 2 rings (SSSR count). The lowest BCUT2D eigenvalue weighted by Gasteiger charge is -2.44. The fourth-order valence-corrected chi connectivity index (χ4v) is 5.29. The van der Waals surface area contributed by atoms with Gasteiger partial charge in [0.2, 0.25) is 5.91 Å². The van der Waals surface area contributed by atoms with Gasteiger partial charge in [0.05, 0.1) is 12.7 Å². The minimum absolute atomic E-state index is 0.261. The third-order valence-electron chi connectivity index (χ3n) is 4.27. The van der Waals surface area contributed by atoms with E-state index in [2.05, 4.69) is 5.32 Å². The molecule has 0 saturated carbocycles. The van der Waals surface area contributed by atoms with Gasteiger partial charge >= 0.3 is 6.18 Å². The van der Waals surface area contributed by atoms with Crippen molar-refractivity contribution < 1.29 is 26.7 Å². The number of amides is 1. The molecule has 1 heterocycles. The lowest BCUT2D eigenvalue weighted by Crippen LogP contribution is -2.46. The van der Waals surface area contributed by atoms with E-state index >= 15 is 0 Å². The molecule has 27 heavy (non-hydrogen) atoms. The third kappa shape index (κ3) is 4.66. The Morgan fingerprint density at radius 1 is 1.22 bits per heavy atom. The molecule has 4 nitrogen and oxygen atoms in total. The molecule has 2 aromatic rings. The maximum atomic E-state index is 12.8. The number of hydrogen-bond acceptors (Lipinski definition) is 3. The Morgan fingerprint density at radius 3 is 2.33 bits per heavy atom. The van der Waals surface area contributed by atoms with Crippen LogP contribution in [0.2, 0.25) is 0 Å². The molecule has 1 amide bonds. The molecule has 0 aliphatic heterocycles. The zero-order chi connectivity index (χ0) is 20.3. The van der Waals surface area contributed by atoms with E-state index in [-0.39, 0.29) is 10.8 Å². The van der Waals surface area contributed by atoms with E-state index in [4.69, 9.17) is 8.74 Å². The monoisotopic (exact) mass is 422 g/mol. The summed E-state index contributed by atoms with van der Waals surface area (Å²) in [5.41, 5.74) is -0.803. The third-order valence-corrected chi connectivity index (χ3v) is 8.26. The molecular weight excluding hydrogens is 399 g/mol. The highest BCUT2D eigenvalue weighted by atomic mass is 32.3. The summed E-state index contributed by atoms with van der Waals surface area (Å²) in [7, 11) is -1.60. The normalized spacial score (nSPS) is 15.8. The van der Waals surface area contributed by atoms with Gasteiger partial charge in [-0.2, -0.15) is 13.2 Å². The SMILES string of the molecule is COS([OH2+])(c1ccc(C(F)(F)F)cc1)C(C)(C)C(=O)NCCc1cccs1. The predicted molar refractivity (Wildman–Crippen MR) is 103 cm³/mol. The second-order valence-electron chi connectivity index (χ2n) is 6.34. The van der Waals surface area contributed by atoms with Crippen molar-refractivity contribution in [1.29, 1.82) is 0 Å². The quantitative estimate of drug-likeness (QED) is 0.678. The van der Waals surface area contributed by atoms with Gasteiger partial charge < -0.3 is 9.87 Å². The molecule has 0 spiro atoms. The molecule has 0 saturated heterocycles. The average molecular weight is 423 g/mol. The Morgan fingerprint density at radius 2 is 1.85 bits per heavy atom. The fourth-order valence-electron chi connectivity index (χ4n) is 2.53. The summed E-state index contributed by atoms with van der Waals surface area (Å²) < 4.78 is 51.3. The van der Waals surface area contributed by atoms with E-state index < -0.39 is 27.1 Å². The largest absolute Gasteiger partial charge is 0.416 e. The Kier molecular flexibility index (Phi) is 6.62. The van der Waals surface area contributed by atoms with Crippen molar-refractivity contribution in [3.63, 3.8) is 0 Å². The van der Waals surface area contributed by atoms with E-state index in [1.807, 2.05) is 17.5 Å². The standard InChI is InChI=1S/C18H22F3NO3S2/c1-17(2,16(23)22-11-10-14-5-4-12-26-14)27(24,25-3)15-8-6-13(7-9-15)18(19,20)21/h4-9,12,24H,10-11H2,1-3H3,(H,22,23)/p+1. The summed E-state index contributed by atoms with van der Waals surface area (Å²) in [5, 5.41) is 4.77. The Hall–Kier alpha value is -1.55. The molecule has 0 aliphatic carbocycles. The summed E-state index contributed by atoms with van der Waals surface area (Å²) in [5.74, 6) is -0.370. The van der Waals surface area contributed by atoms with Crippen LogP contribution < -0.4 is 5.32 Å². The zero-order valence-electron chi connectivity index (χ0n) is 15.2. The van der Waals surface area contributed by atoms with E-state index in [0.717, 1.165) is 17.0 Å². The highest BCUT2D eigenvalue weighted by molar-refractivity contribution is 8.26. The van der Waals surface area contributed by atoms with E-state index in [0.29, 0.717) is 13.0 Å². The predicted octanol–water partition coefficient (Wildman–Crippen LogP) is 4.27. The van der Waals surface area contributed by atoms with Gasteiger partial charge in [0, 0.05) is 11.4 Å². The van der Waals surface area contributed by atoms with Crippen molar-refractivity contribution in [2.75, 3.05) is 13.7 Å². The second kappa shape index (κ2) is 8.22. The topological polar surface area (TPSA) is 61.2 Å². The van der Waals surface area contributed by atoms with E-state index in [1.165, 1.54) is 19.2 Å². The van der Waals surface area contributed by atoms with Gasteiger partial charge in [-0.25, -0.2) is 4.18 Å². The van der Waals surface area contributed by atoms with Crippen molar-refractivity contribution >= 4 is 27.8 Å². The lowest BCUT2D eigenvalue weighted by atomic mass is 10.2. The van der Waals surface area contributed by atoms with E-state index in [9.17, 15) is 18.0 Å². The molecule has 0 radical (unpaired) electrons. The summed E-state index contributed by atoms with van der Waals surface area (Å²) in [6, 6.07) is 8.16. The Labute approximate surface area is 162 Å². The van der Waals surface area contributed by atoms with Gasteiger partial charge in [0.15, 0.2) is 4.75 Å². The average Bonchev–Trinajstić information content (AvgIpc) is 3.13. The van der Waals surface area contributed by atoms with Gasteiger partial charge in [-0.1, -0.05) is 16.7 Å². The van der Waals surface area contributed by atoms with Crippen molar-refractivity contribution in [2.45, 2.75) is 36.1 Å². The molecule has 1 unspecified atom stereocenters. The Balaban J connectivity index is 2.17. The first-order valence-electron chi connectivity index (χ1n) is 8.13. The van der Waals surface area contributed by atoms with Gasteiger partial charge in [0.25, 0.3) is 0 Å². The molecule has 0 aliphatic rings. The molecule has 1 atom stereocenters. The number of nitrogens with one attached hydrogen (secondary N) is 1. The second-order valence-corrected chi connectivity index (χ2v) is 10.3. The van der Waals surface area contributed by atoms with Crippen LogP contribution in [0.3, 0.4) is 0 Å². The summed E-state index contributed by atoms with van der Waals surface area (Å²) in [6.45, 7) is 3.57. The molecule has 1 aromatic carbocycles. The summed E-state index contributed by atoms with van der Waals surface area (Å²) in [4.78, 5) is 14.1. The molecule has 0 bridgehead atoms. The maximum Gasteiger partial charge on any atom is 0.416 e. The van der Waals surface area contributed by atoms with Crippen LogP contribution in [0.4, 0.5) is 13.2 Å². The number of benzene rings is 1. The molecule has 1 aromatic heterocycles. The number of thiophene rings is 1. The highest BCUT2D eigenvalue weighted by Crippen LogP contribution is 2.62. The van der Waals surface area contributed by atoms with Crippen LogP contribution in [0, 0.1) is 0 Å². The van der Waals surface area contributed by atoms with Crippen LogP contribution in [-0.2, 0) is 21.6 Å². The minimum Gasteiger partial charge on any atom is -0.354 e. The molecule has 0 fully saturated rings. The van der Waals surface area contributed by atoms with Gasteiger partial charge in [-0.05, 0) is 56.0 Å². The van der Waals surface area contributed by atoms with Gasteiger partial charge in [-0.3, -0.25) is 4.79 Å². The van der Waals surface area contributed by atoms with Crippen molar-refractivity contribution in [3.8, 4) is 0 Å². The molecular formula is C18H23F3NO3S2+. The first-order valence-corrected chi connectivity index (χ1v) is 10.6. The summed E-state index contributed by atoms with van der Waals surface area (Å²) >= 11 is 1.59.